The zero-order valence-electron chi connectivity index (χ0n) is 7.99. The van der Waals surface area contributed by atoms with Gasteiger partial charge >= 0.3 is 6.18 Å². The van der Waals surface area contributed by atoms with Crippen molar-refractivity contribution in [1.29, 1.82) is 0 Å². The Hall–Kier alpha value is -1.35. The summed E-state index contributed by atoms with van der Waals surface area (Å²) in [6, 6.07) is 2.50. The minimum Gasteiger partial charge on any atom is -0.716 e. The van der Waals surface area contributed by atoms with Gasteiger partial charge in [-0.15, -0.1) is 0 Å². The Bertz CT molecular complexity index is 509. The lowest BCUT2D eigenvalue weighted by molar-refractivity contribution is -0.127. The molecule has 96 valence electrons. The topological polar surface area (TPSA) is 66.4 Å². The van der Waals surface area contributed by atoms with E-state index in [0.29, 0.717) is 0 Å². The van der Waals surface area contributed by atoms with Crippen LogP contribution >= 0.6 is 0 Å². The normalized spacial score (nSPS) is 12.5. The van der Waals surface area contributed by atoms with Crippen molar-refractivity contribution in [2.45, 2.75) is 12.6 Å². The Morgan fingerprint density at radius 1 is 1.29 bits per heavy atom. The third-order valence-corrected chi connectivity index (χ3v) is 2.01. The minimum atomic E-state index is -5.23. The predicted molar refractivity (Wildman–Crippen MR) is 46.5 cm³/mol. The van der Waals surface area contributed by atoms with E-state index in [4.69, 9.17) is 0 Å². The van der Waals surface area contributed by atoms with Gasteiger partial charge in [0, 0.05) is 5.56 Å². The smallest absolute Gasteiger partial charge is 0.393 e. The summed E-state index contributed by atoms with van der Waals surface area (Å²) in [7, 11) is -5.23. The van der Waals surface area contributed by atoms with E-state index >= 15 is 0 Å². The standard InChI is InChI=1S/C8H6F4O4S/c9-7-5(4-8(10,11)12)2-1-3-6(7)16-17(13,14)15/h1-3H,4H2,(H,13,14,15)/p-1. The molecule has 0 aliphatic heterocycles. The average Bonchev–Trinajstić information content (AvgIpc) is 2.07. The monoisotopic (exact) mass is 273 g/mol. The summed E-state index contributed by atoms with van der Waals surface area (Å²) in [6.45, 7) is 0. The number of benzene rings is 1. The van der Waals surface area contributed by atoms with Gasteiger partial charge in [-0.05, 0) is 6.07 Å². The first kappa shape index (κ1) is 13.7. The zero-order chi connectivity index (χ0) is 13.3. The summed E-state index contributed by atoms with van der Waals surface area (Å²) >= 11 is 0. The SMILES string of the molecule is O=S(=O)([O-])Oc1cccc(CC(F)(F)F)c1F. The molecule has 0 spiro atoms. The van der Waals surface area contributed by atoms with Crippen molar-refractivity contribution in [1.82, 2.24) is 0 Å². The predicted octanol–water partition coefficient (Wildman–Crippen LogP) is 1.77. The van der Waals surface area contributed by atoms with Crippen LogP contribution in [0.4, 0.5) is 17.6 Å². The van der Waals surface area contributed by atoms with E-state index in [-0.39, 0.29) is 0 Å². The Labute approximate surface area is 93.8 Å². The molecule has 0 unspecified atom stereocenters. The van der Waals surface area contributed by atoms with Crippen molar-refractivity contribution in [2.75, 3.05) is 0 Å². The maximum absolute atomic E-state index is 13.3. The van der Waals surface area contributed by atoms with Crippen LogP contribution in [0.2, 0.25) is 0 Å². The van der Waals surface area contributed by atoms with Gasteiger partial charge in [0.2, 0.25) is 0 Å². The van der Waals surface area contributed by atoms with Crippen molar-refractivity contribution in [3.63, 3.8) is 0 Å². The first-order valence-corrected chi connectivity index (χ1v) is 5.41. The van der Waals surface area contributed by atoms with Gasteiger partial charge in [-0.1, -0.05) is 12.1 Å². The van der Waals surface area contributed by atoms with Gasteiger partial charge in [-0.3, -0.25) is 0 Å². The molecule has 0 atom stereocenters. The molecule has 0 saturated carbocycles. The highest BCUT2D eigenvalue weighted by Crippen LogP contribution is 2.27. The van der Waals surface area contributed by atoms with Crippen molar-refractivity contribution < 1.29 is 34.7 Å². The van der Waals surface area contributed by atoms with Gasteiger partial charge in [-0.25, -0.2) is 12.8 Å². The summed E-state index contributed by atoms with van der Waals surface area (Å²) in [5.74, 6) is -2.58. The molecule has 0 aromatic heterocycles. The van der Waals surface area contributed by atoms with E-state index in [1.807, 2.05) is 0 Å². The fourth-order valence-electron chi connectivity index (χ4n) is 1.08. The molecule has 1 aromatic carbocycles. The van der Waals surface area contributed by atoms with Crippen molar-refractivity contribution in [2.24, 2.45) is 0 Å². The summed E-state index contributed by atoms with van der Waals surface area (Å²) in [5.41, 5.74) is -0.807. The van der Waals surface area contributed by atoms with Crippen LogP contribution in [0.5, 0.6) is 5.75 Å². The summed E-state index contributed by atoms with van der Waals surface area (Å²) in [6.07, 6.45) is -6.25. The van der Waals surface area contributed by atoms with Gasteiger partial charge in [0.05, 0.1) is 6.42 Å². The molecule has 17 heavy (non-hydrogen) atoms. The molecule has 0 aliphatic rings. The van der Waals surface area contributed by atoms with Crippen LogP contribution in [-0.4, -0.2) is 19.1 Å². The molecule has 0 saturated heterocycles. The second-order valence-corrected chi connectivity index (χ2v) is 4.00. The molecule has 0 bridgehead atoms. The lowest BCUT2D eigenvalue weighted by atomic mass is 10.1. The maximum Gasteiger partial charge on any atom is 0.393 e. The van der Waals surface area contributed by atoms with Crippen molar-refractivity contribution in [3.8, 4) is 5.75 Å². The lowest BCUT2D eigenvalue weighted by Gasteiger charge is -2.12. The minimum absolute atomic E-state index is 0.741. The van der Waals surface area contributed by atoms with Crippen molar-refractivity contribution >= 4 is 10.4 Å². The van der Waals surface area contributed by atoms with Gasteiger partial charge in [0.1, 0.15) is 0 Å². The van der Waals surface area contributed by atoms with E-state index in [2.05, 4.69) is 4.18 Å². The molecule has 0 amide bonds. The Kier molecular flexibility index (Phi) is 3.62. The first-order chi connectivity index (χ1) is 7.58. The number of rotatable bonds is 3. The largest absolute Gasteiger partial charge is 0.716 e. The van der Waals surface area contributed by atoms with E-state index in [1.54, 1.807) is 0 Å². The van der Waals surface area contributed by atoms with Crippen LogP contribution in [0.15, 0.2) is 18.2 Å². The van der Waals surface area contributed by atoms with E-state index < -0.39 is 40.1 Å². The van der Waals surface area contributed by atoms with Crippen LogP contribution in [0.3, 0.4) is 0 Å². The fourth-order valence-corrected chi connectivity index (χ4v) is 1.43. The lowest BCUT2D eigenvalue weighted by Crippen LogP contribution is -2.14. The molecule has 1 aromatic rings. The zero-order valence-corrected chi connectivity index (χ0v) is 8.81. The molecule has 0 heterocycles. The molecule has 0 aliphatic carbocycles. The quantitative estimate of drug-likeness (QED) is 0.478. The number of halogens is 4. The second-order valence-electron chi connectivity index (χ2n) is 3.01. The van der Waals surface area contributed by atoms with Gasteiger partial charge in [0.25, 0.3) is 10.4 Å². The Balaban J connectivity index is 3.08. The molecule has 0 N–H and O–H groups in total. The highest BCUT2D eigenvalue weighted by atomic mass is 32.3. The summed E-state index contributed by atoms with van der Waals surface area (Å²) in [4.78, 5) is 0. The second kappa shape index (κ2) is 4.49. The molecular weight excluding hydrogens is 268 g/mol. The van der Waals surface area contributed by atoms with E-state index in [9.17, 15) is 30.5 Å². The highest BCUT2D eigenvalue weighted by Gasteiger charge is 2.30. The first-order valence-electron chi connectivity index (χ1n) is 4.08. The van der Waals surface area contributed by atoms with E-state index in [0.717, 1.165) is 18.2 Å². The van der Waals surface area contributed by atoms with Crippen LogP contribution in [0.25, 0.3) is 0 Å². The van der Waals surface area contributed by atoms with Crippen LogP contribution in [0, 0.1) is 5.82 Å². The third-order valence-electron chi connectivity index (χ3n) is 1.63. The number of hydrogen-bond donors (Lipinski definition) is 0. The van der Waals surface area contributed by atoms with E-state index in [1.165, 1.54) is 0 Å². The highest BCUT2D eigenvalue weighted by molar-refractivity contribution is 7.81. The van der Waals surface area contributed by atoms with Gasteiger partial charge in [0.15, 0.2) is 11.6 Å². The van der Waals surface area contributed by atoms with Crippen LogP contribution in [-0.2, 0) is 16.8 Å². The molecule has 0 radical (unpaired) electrons. The number of alkyl halides is 3. The van der Waals surface area contributed by atoms with Gasteiger partial charge in [-0.2, -0.15) is 13.2 Å². The maximum atomic E-state index is 13.3. The summed E-state index contributed by atoms with van der Waals surface area (Å²) in [5, 5.41) is 0. The van der Waals surface area contributed by atoms with Crippen LogP contribution < -0.4 is 4.18 Å². The Morgan fingerprint density at radius 2 is 1.88 bits per heavy atom. The molecule has 9 heteroatoms. The van der Waals surface area contributed by atoms with Crippen LogP contribution in [0.1, 0.15) is 5.56 Å². The molecular formula is C8H5F4O4S-. The third kappa shape index (κ3) is 4.57. The summed E-state index contributed by atoms with van der Waals surface area (Å²) < 4.78 is 83.5. The fraction of sp³-hybridized carbons (Fsp3) is 0.250. The molecule has 0 fully saturated rings. The number of hydrogen-bond acceptors (Lipinski definition) is 4. The molecule has 4 nitrogen and oxygen atoms in total. The average molecular weight is 273 g/mol. The van der Waals surface area contributed by atoms with Gasteiger partial charge < -0.3 is 8.74 Å². The Morgan fingerprint density at radius 3 is 2.35 bits per heavy atom. The van der Waals surface area contributed by atoms with Crippen molar-refractivity contribution in [3.05, 3.63) is 29.6 Å². The molecule has 1 rings (SSSR count).